The lowest BCUT2D eigenvalue weighted by molar-refractivity contribution is 0.132. The Morgan fingerprint density at radius 1 is 1.24 bits per heavy atom. The van der Waals surface area contributed by atoms with E-state index in [0.717, 1.165) is 31.9 Å². The summed E-state index contributed by atoms with van der Waals surface area (Å²) in [5, 5.41) is 2.13. The second-order valence-corrected chi connectivity index (χ2v) is 6.44. The van der Waals surface area contributed by atoms with Crippen molar-refractivity contribution in [3.63, 3.8) is 0 Å². The molecule has 1 rings (SSSR count). The molecule has 1 heterocycles. The zero-order valence-corrected chi connectivity index (χ0v) is 15.5. The quantitative estimate of drug-likeness (QED) is 0.740. The number of halogens is 1. The standard InChI is InChI=1S/C16H24ClN3O5/c1-4-5-6-7-8-18-14(22)19-9-12(17)13(21)20(15(19)23)16(24)25-10-11(2)3/h9,11H,4-8,10H2,1-3H3,(H,18,22). The van der Waals surface area contributed by atoms with Crippen molar-refractivity contribution in [3.05, 3.63) is 32.1 Å². The molecule has 140 valence electrons. The highest BCUT2D eigenvalue weighted by Crippen LogP contribution is 2.00. The zero-order chi connectivity index (χ0) is 19.0. The second-order valence-electron chi connectivity index (χ2n) is 6.03. The van der Waals surface area contributed by atoms with Crippen molar-refractivity contribution < 1.29 is 14.3 Å². The first kappa shape index (κ1) is 21.0. The van der Waals surface area contributed by atoms with Gasteiger partial charge in [0, 0.05) is 12.7 Å². The highest BCUT2D eigenvalue weighted by atomic mass is 35.5. The summed E-state index contributed by atoms with van der Waals surface area (Å²) in [6, 6.07) is -0.756. The van der Waals surface area contributed by atoms with Gasteiger partial charge in [-0.3, -0.25) is 4.79 Å². The van der Waals surface area contributed by atoms with Crippen molar-refractivity contribution in [1.29, 1.82) is 0 Å². The van der Waals surface area contributed by atoms with Crippen LogP contribution in [-0.2, 0) is 4.74 Å². The average Bonchev–Trinajstić information content (AvgIpc) is 2.56. The molecule has 1 aromatic rings. The number of nitrogens with zero attached hydrogens (tertiary/aromatic N) is 2. The molecule has 0 unspecified atom stereocenters. The van der Waals surface area contributed by atoms with Crippen LogP contribution in [0.15, 0.2) is 15.8 Å². The first-order valence-corrected chi connectivity index (χ1v) is 8.66. The van der Waals surface area contributed by atoms with Crippen molar-refractivity contribution in [2.45, 2.75) is 46.5 Å². The Balaban J connectivity index is 2.98. The van der Waals surface area contributed by atoms with Gasteiger partial charge in [0.2, 0.25) is 0 Å². The second kappa shape index (κ2) is 10.0. The monoisotopic (exact) mass is 373 g/mol. The molecule has 9 heteroatoms. The minimum Gasteiger partial charge on any atom is -0.448 e. The summed E-state index contributed by atoms with van der Waals surface area (Å²) in [4.78, 5) is 48.4. The van der Waals surface area contributed by atoms with Gasteiger partial charge in [0.15, 0.2) is 0 Å². The number of carbonyl (C=O) groups is 2. The average molecular weight is 374 g/mol. The summed E-state index contributed by atoms with van der Waals surface area (Å²) in [7, 11) is 0. The number of nitrogens with one attached hydrogen (secondary N) is 1. The summed E-state index contributed by atoms with van der Waals surface area (Å²) >= 11 is 5.76. The van der Waals surface area contributed by atoms with E-state index in [1.54, 1.807) is 13.8 Å². The maximum Gasteiger partial charge on any atom is 0.425 e. The Kier molecular flexibility index (Phi) is 8.40. The fraction of sp³-hybridized carbons (Fsp3) is 0.625. The van der Waals surface area contributed by atoms with Crippen LogP contribution in [0.4, 0.5) is 9.59 Å². The summed E-state index contributed by atoms with van der Waals surface area (Å²) in [6.45, 7) is 6.08. The van der Waals surface area contributed by atoms with Gasteiger partial charge in [0.25, 0.3) is 5.56 Å². The molecule has 0 aliphatic rings. The predicted molar refractivity (Wildman–Crippen MR) is 94.5 cm³/mol. The van der Waals surface area contributed by atoms with Gasteiger partial charge in [0.05, 0.1) is 6.61 Å². The van der Waals surface area contributed by atoms with E-state index in [9.17, 15) is 19.2 Å². The molecule has 0 aliphatic carbocycles. The number of unbranched alkanes of at least 4 members (excludes halogenated alkanes) is 3. The third-order valence-corrected chi connectivity index (χ3v) is 3.55. The normalized spacial score (nSPS) is 10.8. The minimum atomic E-state index is -1.16. The Bertz CT molecular complexity index is 723. The van der Waals surface area contributed by atoms with Crippen LogP contribution in [0.3, 0.4) is 0 Å². The van der Waals surface area contributed by atoms with Crippen LogP contribution < -0.4 is 16.6 Å². The maximum absolute atomic E-state index is 12.3. The van der Waals surface area contributed by atoms with E-state index < -0.39 is 28.4 Å². The van der Waals surface area contributed by atoms with Gasteiger partial charge >= 0.3 is 17.8 Å². The van der Waals surface area contributed by atoms with Gasteiger partial charge < -0.3 is 10.1 Å². The van der Waals surface area contributed by atoms with Gasteiger partial charge in [-0.2, -0.15) is 4.57 Å². The third kappa shape index (κ3) is 6.04. The molecular formula is C16H24ClN3O5. The molecule has 0 saturated heterocycles. The lowest BCUT2D eigenvalue weighted by Gasteiger charge is -2.11. The molecule has 0 bridgehead atoms. The first-order chi connectivity index (χ1) is 11.8. The van der Waals surface area contributed by atoms with Crippen molar-refractivity contribution in [1.82, 2.24) is 14.5 Å². The predicted octanol–water partition coefficient (Wildman–Crippen LogP) is 2.44. The molecule has 0 atom stereocenters. The molecule has 1 N–H and O–H groups in total. The van der Waals surface area contributed by atoms with Crippen molar-refractivity contribution in [2.24, 2.45) is 5.92 Å². The van der Waals surface area contributed by atoms with Crippen molar-refractivity contribution >= 4 is 23.7 Å². The van der Waals surface area contributed by atoms with E-state index >= 15 is 0 Å². The molecule has 1 aromatic heterocycles. The van der Waals surface area contributed by atoms with E-state index in [4.69, 9.17) is 16.3 Å². The molecule has 0 aromatic carbocycles. The number of ether oxygens (including phenoxy) is 1. The SMILES string of the molecule is CCCCCCNC(=O)n1cc(Cl)c(=O)n(C(=O)OCC(C)C)c1=O. The van der Waals surface area contributed by atoms with Crippen molar-refractivity contribution in [2.75, 3.05) is 13.2 Å². The topological polar surface area (TPSA) is 99.4 Å². The van der Waals surface area contributed by atoms with Crippen LogP contribution in [0.5, 0.6) is 0 Å². The van der Waals surface area contributed by atoms with E-state index in [0.29, 0.717) is 11.1 Å². The van der Waals surface area contributed by atoms with Crippen LogP contribution in [0, 0.1) is 5.92 Å². The molecular weight excluding hydrogens is 350 g/mol. The summed E-state index contributed by atoms with van der Waals surface area (Å²) < 4.78 is 5.71. The molecule has 1 amide bonds. The van der Waals surface area contributed by atoms with E-state index in [-0.39, 0.29) is 17.1 Å². The number of hydrogen-bond acceptors (Lipinski definition) is 5. The Morgan fingerprint density at radius 2 is 1.92 bits per heavy atom. The van der Waals surface area contributed by atoms with Gasteiger partial charge in [-0.05, 0) is 12.3 Å². The molecule has 25 heavy (non-hydrogen) atoms. The highest BCUT2D eigenvalue weighted by Gasteiger charge is 2.20. The van der Waals surface area contributed by atoms with Gasteiger partial charge in [-0.15, -0.1) is 0 Å². The zero-order valence-electron chi connectivity index (χ0n) is 14.7. The number of hydrogen-bond donors (Lipinski definition) is 1. The van der Waals surface area contributed by atoms with Crippen LogP contribution in [-0.4, -0.2) is 34.4 Å². The van der Waals surface area contributed by atoms with Gasteiger partial charge in [-0.25, -0.2) is 19.0 Å². The molecule has 0 aliphatic heterocycles. The smallest absolute Gasteiger partial charge is 0.425 e. The Hall–Kier alpha value is -2.09. The molecule has 0 spiro atoms. The molecule has 0 saturated carbocycles. The highest BCUT2D eigenvalue weighted by molar-refractivity contribution is 6.30. The lowest BCUT2D eigenvalue weighted by atomic mass is 10.2. The van der Waals surface area contributed by atoms with E-state index in [1.165, 1.54) is 0 Å². The maximum atomic E-state index is 12.3. The van der Waals surface area contributed by atoms with Crippen molar-refractivity contribution in [3.8, 4) is 0 Å². The lowest BCUT2D eigenvalue weighted by Crippen LogP contribution is -2.48. The fourth-order valence-corrected chi connectivity index (χ4v) is 2.15. The summed E-state index contributed by atoms with van der Waals surface area (Å²) in [5.41, 5.74) is -2.14. The molecule has 8 nitrogen and oxygen atoms in total. The number of aromatic nitrogens is 2. The van der Waals surface area contributed by atoms with Crippen LogP contribution >= 0.6 is 11.6 Å². The first-order valence-electron chi connectivity index (χ1n) is 8.29. The van der Waals surface area contributed by atoms with E-state index in [2.05, 4.69) is 12.2 Å². The summed E-state index contributed by atoms with van der Waals surface area (Å²) in [5.74, 6) is 0.0208. The fourth-order valence-electron chi connectivity index (χ4n) is 1.97. The molecule has 0 radical (unpaired) electrons. The molecule has 0 fully saturated rings. The Labute approximate surface area is 150 Å². The number of amides is 1. The van der Waals surface area contributed by atoms with Crippen LogP contribution in [0.25, 0.3) is 0 Å². The van der Waals surface area contributed by atoms with Gasteiger partial charge in [-0.1, -0.05) is 51.6 Å². The summed E-state index contributed by atoms with van der Waals surface area (Å²) in [6.07, 6.45) is 3.57. The number of rotatable bonds is 7. The van der Waals surface area contributed by atoms with Crippen LogP contribution in [0.2, 0.25) is 5.02 Å². The third-order valence-electron chi connectivity index (χ3n) is 3.30. The largest absolute Gasteiger partial charge is 0.448 e. The van der Waals surface area contributed by atoms with Gasteiger partial charge in [0.1, 0.15) is 5.02 Å². The number of carbonyl (C=O) groups excluding carboxylic acids is 2. The van der Waals surface area contributed by atoms with E-state index in [1.807, 2.05) is 0 Å². The Morgan fingerprint density at radius 3 is 2.52 bits per heavy atom. The minimum absolute atomic E-state index is 0.0208. The van der Waals surface area contributed by atoms with Crippen LogP contribution in [0.1, 0.15) is 46.5 Å².